The summed E-state index contributed by atoms with van der Waals surface area (Å²) in [5.74, 6) is 0. The molecule has 0 bridgehead atoms. The van der Waals surface area contributed by atoms with E-state index in [0.717, 1.165) is 0 Å². The van der Waals surface area contributed by atoms with Gasteiger partial charge in [-0.05, 0) is 22.2 Å². The van der Waals surface area contributed by atoms with Crippen LogP contribution in [0.4, 0.5) is 0 Å². The molecule has 31 heavy (non-hydrogen) atoms. The predicted molar refractivity (Wildman–Crippen MR) is 124 cm³/mol. The number of nitrogens with one attached hydrogen (secondary N) is 1. The second-order valence-electron chi connectivity index (χ2n) is 10.0. The Morgan fingerprint density at radius 1 is 0.935 bits per heavy atom. The van der Waals surface area contributed by atoms with Crippen LogP contribution in [0.5, 0.6) is 0 Å². The van der Waals surface area contributed by atoms with Gasteiger partial charge in [-0.3, -0.25) is 14.3 Å². The number of aromatic amines is 1. The Morgan fingerprint density at radius 2 is 1.52 bits per heavy atom. The van der Waals surface area contributed by atoms with Gasteiger partial charge in [0.2, 0.25) is 0 Å². The highest BCUT2D eigenvalue weighted by Crippen LogP contribution is 2.48. The first kappa shape index (κ1) is 24.6. The van der Waals surface area contributed by atoms with Gasteiger partial charge in [0.1, 0.15) is 12.3 Å². The van der Waals surface area contributed by atoms with Crippen molar-refractivity contribution >= 4 is 17.1 Å². The summed E-state index contributed by atoms with van der Waals surface area (Å²) in [5.41, 5.74) is 0.0810. The molecule has 2 fully saturated rings. The van der Waals surface area contributed by atoms with Crippen molar-refractivity contribution in [2.75, 3.05) is 6.61 Å². The third kappa shape index (κ3) is 4.42. The SMILES string of the molecule is CC(C)[Si]1(C(C)C)OCC2OC(n3ccc(=O)[nH]c3=O)CC2O[Si](C(C)C)(C(C)C)O1. The highest BCUT2D eigenvalue weighted by Gasteiger charge is 2.60. The molecule has 3 unspecified atom stereocenters. The number of fused-ring (bicyclic) bond motifs is 1. The third-order valence-electron chi connectivity index (χ3n) is 6.69. The molecule has 0 aromatic carbocycles. The topological polar surface area (TPSA) is 91.8 Å². The van der Waals surface area contributed by atoms with Gasteiger partial charge in [-0.25, -0.2) is 4.79 Å². The number of hydrogen-bond donors (Lipinski definition) is 1. The summed E-state index contributed by atoms with van der Waals surface area (Å²) in [7, 11) is -5.33. The van der Waals surface area contributed by atoms with Gasteiger partial charge in [0, 0.05) is 18.7 Å². The Balaban J connectivity index is 2.02. The van der Waals surface area contributed by atoms with Gasteiger partial charge in [0.15, 0.2) is 0 Å². The number of ether oxygens (including phenoxy) is 1. The maximum absolute atomic E-state index is 12.3. The van der Waals surface area contributed by atoms with E-state index in [1.165, 1.54) is 16.8 Å². The molecule has 0 aliphatic carbocycles. The molecular weight excluding hydrogens is 432 g/mol. The van der Waals surface area contributed by atoms with Crippen molar-refractivity contribution < 1.29 is 17.7 Å². The smallest absolute Gasteiger partial charge is 0.335 e. The summed E-state index contributed by atoms with van der Waals surface area (Å²) < 4.78 is 28.5. The minimum atomic E-state index is -2.71. The molecule has 3 rings (SSSR count). The van der Waals surface area contributed by atoms with E-state index in [1.54, 1.807) is 0 Å². The average molecular weight is 471 g/mol. The van der Waals surface area contributed by atoms with Crippen LogP contribution >= 0.6 is 0 Å². The van der Waals surface area contributed by atoms with Crippen molar-refractivity contribution in [1.82, 2.24) is 9.55 Å². The van der Waals surface area contributed by atoms with E-state index >= 15 is 0 Å². The van der Waals surface area contributed by atoms with Gasteiger partial charge >= 0.3 is 22.8 Å². The Kier molecular flexibility index (Phi) is 7.19. The second-order valence-corrected chi connectivity index (χ2v) is 18.9. The summed E-state index contributed by atoms with van der Waals surface area (Å²) in [5, 5.41) is 0. The molecule has 8 nitrogen and oxygen atoms in total. The molecule has 2 aliphatic heterocycles. The molecule has 3 atom stereocenters. The molecule has 2 aliphatic rings. The lowest BCUT2D eigenvalue weighted by molar-refractivity contribution is -0.0566. The van der Waals surface area contributed by atoms with Gasteiger partial charge < -0.3 is 17.7 Å². The fourth-order valence-corrected chi connectivity index (χ4v) is 16.2. The normalized spacial score (nSPS) is 28.2. The molecule has 0 amide bonds. The Labute approximate surface area is 186 Å². The maximum Gasteiger partial charge on any atom is 0.335 e. The van der Waals surface area contributed by atoms with Gasteiger partial charge in [0.05, 0.1) is 12.7 Å². The van der Waals surface area contributed by atoms with Crippen LogP contribution in [0.15, 0.2) is 21.9 Å². The van der Waals surface area contributed by atoms with Crippen LogP contribution in [0, 0.1) is 0 Å². The van der Waals surface area contributed by atoms with Gasteiger partial charge in [-0.2, -0.15) is 0 Å². The minimum Gasteiger partial charge on any atom is -0.414 e. The van der Waals surface area contributed by atoms with Crippen LogP contribution in [0.25, 0.3) is 0 Å². The fourth-order valence-electron chi connectivity index (χ4n) is 4.96. The maximum atomic E-state index is 12.3. The monoisotopic (exact) mass is 470 g/mol. The predicted octanol–water partition coefficient (Wildman–Crippen LogP) is 3.78. The first-order valence-corrected chi connectivity index (χ1v) is 15.4. The average Bonchev–Trinajstić information content (AvgIpc) is 3.02. The van der Waals surface area contributed by atoms with E-state index in [-0.39, 0.29) is 34.4 Å². The summed E-state index contributed by atoms with van der Waals surface area (Å²) >= 11 is 0. The van der Waals surface area contributed by atoms with Gasteiger partial charge in [-0.15, -0.1) is 0 Å². The van der Waals surface area contributed by atoms with Crippen LogP contribution in [-0.2, 0) is 17.7 Å². The fraction of sp³-hybridized carbons (Fsp3) is 0.810. The zero-order chi connectivity index (χ0) is 23.1. The lowest BCUT2D eigenvalue weighted by atomic mass is 10.2. The molecule has 2 saturated heterocycles. The Bertz CT molecular complexity index is 865. The van der Waals surface area contributed by atoms with Crippen molar-refractivity contribution in [2.45, 2.75) is 102 Å². The quantitative estimate of drug-likeness (QED) is 0.659. The lowest BCUT2D eigenvalue weighted by Gasteiger charge is -2.51. The summed E-state index contributed by atoms with van der Waals surface area (Å²) in [6.07, 6.45) is 0.962. The third-order valence-corrected chi connectivity index (χ3v) is 17.0. The highest BCUT2D eigenvalue weighted by atomic mass is 28.5. The van der Waals surface area contributed by atoms with Crippen molar-refractivity contribution in [3.8, 4) is 0 Å². The molecule has 0 saturated carbocycles. The first-order valence-electron chi connectivity index (χ1n) is 11.4. The van der Waals surface area contributed by atoms with E-state index in [0.29, 0.717) is 13.0 Å². The van der Waals surface area contributed by atoms with Crippen molar-refractivity contribution in [3.63, 3.8) is 0 Å². The van der Waals surface area contributed by atoms with Crippen LogP contribution < -0.4 is 11.2 Å². The van der Waals surface area contributed by atoms with E-state index < -0.39 is 34.6 Å². The molecule has 1 aromatic heterocycles. The molecule has 1 aromatic rings. The molecule has 10 heteroatoms. The largest absolute Gasteiger partial charge is 0.414 e. The Morgan fingerprint density at radius 3 is 2.03 bits per heavy atom. The van der Waals surface area contributed by atoms with Gasteiger partial charge in [0.25, 0.3) is 5.56 Å². The number of nitrogens with zero attached hydrogens (tertiary/aromatic N) is 1. The second kappa shape index (κ2) is 9.07. The lowest BCUT2D eigenvalue weighted by Crippen LogP contribution is -2.65. The number of aromatic nitrogens is 2. The van der Waals surface area contributed by atoms with Gasteiger partial charge in [-0.1, -0.05) is 55.4 Å². The zero-order valence-electron chi connectivity index (χ0n) is 20.0. The van der Waals surface area contributed by atoms with Crippen molar-refractivity contribution in [1.29, 1.82) is 0 Å². The Hall–Kier alpha value is -1.05. The summed E-state index contributed by atoms with van der Waals surface area (Å²) in [4.78, 5) is 26.1. The molecule has 3 heterocycles. The van der Waals surface area contributed by atoms with Crippen LogP contribution in [0.3, 0.4) is 0 Å². The highest BCUT2D eigenvalue weighted by molar-refractivity contribution is 6.83. The van der Waals surface area contributed by atoms with E-state index in [4.69, 9.17) is 17.7 Å². The molecule has 0 radical (unpaired) electrons. The molecule has 176 valence electrons. The van der Waals surface area contributed by atoms with Crippen molar-refractivity contribution in [2.24, 2.45) is 0 Å². The molecule has 1 N–H and O–H groups in total. The number of rotatable bonds is 5. The minimum absolute atomic E-state index is 0.230. The van der Waals surface area contributed by atoms with Crippen molar-refractivity contribution in [3.05, 3.63) is 33.1 Å². The summed E-state index contributed by atoms with van der Waals surface area (Å²) in [6.45, 7) is 17.8. The number of H-pyrrole nitrogens is 1. The molecular formula is C21H38N2O6Si2. The van der Waals surface area contributed by atoms with Crippen LogP contribution in [0.1, 0.15) is 68.0 Å². The van der Waals surface area contributed by atoms with E-state index in [9.17, 15) is 9.59 Å². The number of hydrogen-bond acceptors (Lipinski definition) is 6. The summed E-state index contributed by atoms with van der Waals surface area (Å²) in [6, 6.07) is 1.34. The first-order chi connectivity index (χ1) is 14.4. The van der Waals surface area contributed by atoms with Crippen LogP contribution in [-0.4, -0.2) is 45.5 Å². The van der Waals surface area contributed by atoms with E-state index in [1.807, 2.05) is 0 Å². The van der Waals surface area contributed by atoms with Crippen LogP contribution in [0.2, 0.25) is 22.2 Å². The zero-order valence-corrected chi connectivity index (χ0v) is 22.0. The molecule has 0 spiro atoms. The van der Waals surface area contributed by atoms with E-state index in [2.05, 4.69) is 60.4 Å². The standard InChI is InChI=1S/C21H38N2O6Si2/c1-13(2)30(14(3)4)26-12-18-17(28-31(29-30,15(5)6)16(7)8)11-20(27-18)23-10-9-19(24)22-21(23)25/h9-10,13-18,20H,11-12H2,1-8H3,(H,22,24,25).